The van der Waals surface area contributed by atoms with Gasteiger partial charge in [-0.3, -0.25) is 9.59 Å². The van der Waals surface area contributed by atoms with Crippen molar-refractivity contribution in [3.8, 4) is 0 Å². The minimum atomic E-state index is -0.0538. The third kappa shape index (κ3) is 3.52. The molecule has 0 heterocycles. The molecule has 0 spiro atoms. The molecule has 0 bridgehead atoms. The molecule has 2 nitrogen and oxygen atoms in total. The van der Waals surface area contributed by atoms with Crippen molar-refractivity contribution in [1.82, 2.24) is 0 Å². The van der Waals surface area contributed by atoms with Crippen LogP contribution in [0.15, 0.2) is 24.3 Å². The lowest BCUT2D eigenvalue weighted by Crippen LogP contribution is -2.03. The standard InChI is InChI=1S/C10H9ClO2S/c1-7(12)14-6-10(13)8-2-4-9(11)5-3-8/h2-5H,6H2,1H3. The molecule has 0 unspecified atom stereocenters. The highest BCUT2D eigenvalue weighted by atomic mass is 35.5. The van der Waals surface area contributed by atoms with E-state index in [1.807, 2.05) is 0 Å². The molecule has 0 amide bonds. The Bertz CT molecular complexity index is 346. The highest BCUT2D eigenvalue weighted by Gasteiger charge is 2.06. The lowest BCUT2D eigenvalue weighted by molar-refractivity contribution is -0.109. The van der Waals surface area contributed by atoms with Gasteiger partial charge in [0.15, 0.2) is 10.9 Å². The summed E-state index contributed by atoms with van der Waals surface area (Å²) in [4.78, 5) is 22.1. The number of ketones is 1. The first-order valence-electron chi connectivity index (χ1n) is 4.01. The van der Waals surface area contributed by atoms with Crippen LogP contribution in [0.5, 0.6) is 0 Å². The lowest BCUT2D eigenvalue weighted by Gasteiger charge is -1.98. The molecule has 74 valence electrons. The second kappa shape index (κ2) is 5.17. The summed E-state index contributed by atoms with van der Waals surface area (Å²) in [6.07, 6.45) is 0. The summed E-state index contributed by atoms with van der Waals surface area (Å²) in [5.74, 6) is 0.138. The van der Waals surface area contributed by atoms with E-state index in [1.165, 1.54) is 6.92 Å². The Kier molecular flexibility index (Phi) is 4.17. The SMILES string of the molecule is CC(=O)SCC(=O)c1ccc(Cl)cc1. The van der Waals surface area contributed by atoms with Crippen LogP contribution in [0, 0.1) is 0 Å². The van der Waals surface area contributed by atoms with E-state index in [1.54, 1.807) is 24.3 Å². The van der Waals surface area contributed by atoms with Crippen LogP contribution in [-0.4, -0.2) is 16.7 Å². The Morgan fingerprint density at radius 3 is 2.36 bits per heavy atom. The molecule has 0 aromatic heterocycles. The van der Waals surface area contributed by atoms with Gasteiger partial charge >= 0.3 is 0 Å². The van der Waals surface area contributed by atoms with Gasteiger partial charge in [-0.1, -0.05) is 23.4 Å². The van der Waals surface area contributed by atoms with Crippen molar-refractivity contribution in [2.24, 2.45) is 0 Å². The zero-order valence-electron chi connectivity index (χ0n) is 7.62. The average molecular weight is 229 g/mol. The number of halogens is 1. The van der Waals surface area contributed by atoms with Crippen molar-refractivity contribution in [2.75, 3.05) is 5.75 Å². The van der Waals surface area contributed by atoms with Crippen molar-refractivity contribution in [3.05, 3.63) is 34.9 Å². The van der Waals surface area contributed by atoms with Crippen molar-refractivity contribution in [1.29, 1.82) is 0 Å². The van der Waals surface area contributed by atoms with Gasteiger partial charge in [-0.05, 0) is 24.3 Å². The van der Waals surface area contributed by atoms with Gasteiger partial charge in [-0.2, -0.15) is 0 Å². The van der Waals surface area contributed by atoms with Gasteiger partial charge in [-0.15, -0.1) is 0 Å². The third-order valence-electron chi connectivity index (χ3n) is 1.57. The molecule has 0 saturated heterocycles. The van der Waals surface area contributed by atoms with Crippen molar-refractivity contribution in [2.45, 2.75) is 6.92 Å². The fourth-order valence-electron chi connectivity index (χ4n) is 0.886. The molecule has 0 N–H and O–H groups in total. The van der Waals surface area contributed by atoms with Crippen LogP contribution in [0.3, 0.4) is 0 Å². The molecule has 4 heteroatoms. The minimum Gasteiger partial charge on any atom is -0.293 e. The van der Waals surface area contributed by atoms with Gasteiger partial charge in [0.1, 0.15) is 0 Å². The van der Waals surface area contributed by atoms with Crippen LogP contribution in [0.2, 0.25) is 5.02 Å². The van der Waals surface area contributed by atoms with Crippen LogP contribution in [0.1, 0.15) is 17.3 Å². The van der Waals surface area contributed by atoms with Gasteiger partial charge in [-0.25, -0.2) is 0 Å². The molecule has 1 aromatic rings. The predicted molar refractivity (Wildman–Crippen MR) is 58.9 cm³/mol. The maximum atomic E-state index is 11.4. The van der Waals surface area contributed by atoms with E-state index in [2.05, 4.69) is 0 Å². The minimum absolute atomic E-state index is 0.0488. The number of rotatable bonds is 3. The molecule has 1 rings (SSSR count). The summed E-state index contributed by atoms with van der Waals surface area (Å²) < 4.78 is 0. The first-order chi connectivity index (χ1) is 6.59. The van der Waals surface area contributed by atoms with Gasteiger partial charge in [0, 0.05) is 17.5 Å². The molecular formula is C10H9ClO2S. The van der Waals surface area contributed by atoms with Crippen molar-refractivity contribution in [3.63, 3.8) is 0 Å². The van der Waals surface area contributed by atoms with Crippen LogP contribution in [0.4, 0.5) is 0 Å². The summed E-state index contributed by atoms with van der Waals surface area (Å²) in [5.41, 5.74) is 0.586. The second-order valence-electron chi connectivity index (χ2n) is 2.71. The van der Waals surface area contributed by atoms with E-state index < -0.39 is 0 Å². The molecule has 0 aliphatic carbocycles. The summed E-state index contributed by atoms with van der Waals surface area (Å²) in [6, 6.07) is 6.64. The Hall–Kier alpha value is -0.800. The van der Waals surface area contributed by atoms with Gasteiger partial charge in [0.2, 0.25) is 0 Å². The number of benzene rings is 1. The number of hydrogen-bond donors (Lipinski definition) is 0. The molecule has 1 aromatic carbocycles. The molecule has 0 saturated carbocycles. The van der Waals surface area contributed by atoms with Crippen molar-refractivity contribution < 1.29 is 9.59 Å². The van der Waals surface area contributed by atoms with E-state index in [4.69, 9.17) is 11.6 Å². The molecule has 0 aliphatic heterocycles. The first-order valence-corrected chi connectivity index (χ1v) is 5.38. The van der Waals surface area contributed by atoms with E-state index in [0.717, 1.165) is 11.8 Å². The quantitative estimate of drug-likeness (QED) is 0.746. The zero-order chi connectivity index (χ0) is 10.6. The van der Waals surface area contributed by atoms with Crippen LogP contribution in [-0.2, 0) is 4.79 Å². The highest BCUT2D eigenvalue weighted by Crippen LogP contribution is 2.12. The van der Waals surface area contributed by atoms with Crippen molar-refractivity contribution >= 4 is 34.3 Å². The molecule has 0 aliphatic rings. The molecule has 0 fully saturated rings. The Morgan fingerprint density at radius 1 is 1.29 bits per heavy atom. The van der Waals surface area contributed by atoms with Gasteiger partial charge in [0.25, 0.3) is 0 Å². The van der Waals surface area contributed by atoms with E-state index in [0.29, 0.717) is 10.6 Å². The van der Waals surface area contributed by atoms with E-state index >= 15 is 0 Å². The number of Topliss-reactive ketones (excluding diaryl/α,β-unsaturated/α-hetero) is 1. The monoisotopic (exact) mass is 228 g/mol. The third-order valence-corrected chi connectivity index (χ3v) is 2.64. The number of hydrogen-bond acceptors (Lipinski definition) is 3. The summed E-state index contributed by atoms with van der Waals surface area (Å²) in [6.45, 7) is 1.44. The summed E-state index contributed by atoms with van der Waals surface area (Å²) in [5, 5.41) is 0.549. The summed E-state index contributed by atoms with van der Waals surface area (Å²) >= 11 is 6.69. The molecule has 0 atom stereocenters. The zero-order valence-corrected chi connectivity index (χ0v) is 9.19. The van der Waals surface area contributed by atoms with Gasteiger partial charge < -0.3 is 0 Å². The maximum Gasteiger partial charge on any atom is 0.186 e. The van der Waals surface area contributed by atoms with Crippen LogP contribution < -0.4 is 0 Å². The highest BCUT2D eigenvalue weighted by molar-refractivity contribution is 8.14. The van der Waals surface area contributed by atoms with Crippen LogP contribution in [0.25, 0.3) is 0 Å². The normalized spacial score (nSPS) is 9.86. The lowest BCUT2D eigenvalue weighted by atomic mass is 10.1. The molecular weight excluding hydrogens is 220 g/mol. The Balaban J connectivity index is 2.61. The summed E-state index contributed by atoms with van der Waals surface area (Å²) in [7, 11) is 0. The number of thioether (sulfide) groups is 1. The van der Waals surface area contributed by atoms with Crippen LogP contribution >= 0.6 is 23.4 Å². The van der Waals surface area contributed by atoms with E-state index in [9.17, 15) is 9.59 Å². The topological polar surface area (TPSA) is 34.1 Å². The predicted octanol–water partition coefficient (Wildman–Crippen LogP) is 2.80. The fraction of sp³-hybridized carbons (Fsp3) is 0.200. The second-order valence-corrected chi connectivity index (χ2v) is 4.30. The first kappa shape index (κ1) is 11.3. The number of carbonyl (C=O) groups is 2. The maximum absolute atomic E-state index is 11.4. The smallest absolute Gasteiger partial charge is 0.186 e. The largest absolute Gasteiger partial charge is 0.293 e. The molecule has 0 radical (unpaired) electrons. The van der Waals surface area contributed by atoms with Gasteiger partial charge in [0.05, 0.1) is 5.75 Å². The Morgan fingerprint density at radius 2 is 1.86 bits per heavy atom. The average Bonchev–Trinajstić information content (AvgIpc) is 2.15. The Labute approximate surface area is 91.6 Å². The van der Waals surface area contributed by atoms with E-state index in [-0.39, 0.29) is 16.7 Å². The number of carbonyl (C=O) groups excluding carboxylic acids is 2. The molecule has 14 heavy (non-hydrogen) atoms. The fourth-order valence-corrected chi connectivity index (χ4v) is 1.51.